The Kier molecular flexibility index (Phi) is 4.61. The zero-order chi connectivity index (χ0) is 14.7. The number of amides is 1. The maximum atomic E-state index is 12.0. The van der Waals surface area contributed by atoms with Crippen LogP contribution in [0, 0.1) is 0 Å². The molecule has 2 atom stereocenters. The third-order valence-electron chi connectivity index (χ3n) is 3.02. The van der Waals surface area contributed by atoms with E-state index in [2.05, 4.69) is 21.2 Å². The first-order chi connectivity index (χ1) is 9.51. The van der Waals surface area contributed by atoms with E-state index in [4.69, 9.17) is 14.6 Å². The van der Waals surface area contributed by atoms with E-state index in [0.717, 1.165) is 0 Å². The molecule has 1 saturated heterocycles. The predicted octanol–water partition coefficient (Wildman–Crippen LogP) is 2.03. The molecule has 6 nitrogen and oxygen atoms in total. The van der Waals surface area contributed by atoms with Gasteiger partial charge in [0, 0.05) is 10.5 Å². The minimum absolute atomic E-state index is 0.340. The van der Waals surface area contributed by atoms with Crippen LogP contribution in [-0.4, -0.2) is 36.3 Å². The molecule has 0 bridgehead atoms. The van der Waals surface area contributed by atoms with Gasteiger partial charge in [0.05, 0.1) is 12.8 Å². The van der Waals surface area contributed by atoms with Gasteiger partial charge in [-0.15, -0.1) is 0 Å². The van der Waals surface area contributed by atoms with E-state index in [-0.39, 0.29) is 5.91 Å². The molecule has 1 aliphatic heterocycles. The second-order valence-corrected chi connectivity index (χ2v) is 5.22. The summed E-state index contributed by atoms with van der Waals surface area (Å²) in [5.74, 6) is -0.787. The Labute approximate surface area is 124 Å². The third-order valence-corrected chi connectivity index (χ3v) is 3.71. The van der Waals surface area contributed by atoms with Gasteiger partial charge < -0.3 is 19.9 Å². The lowest BCUT2D eigenvalue weighted by atomic mass is 10.2. The summed E-state index contributed by atoms with van der Waals surface area (Å²) in [6, 6.07) is 5.18. The molecule has 7 heteroatoms. The van der Waals surface area contributed by atoms with E-state index in [1.165, 1.54) is 7.11 Å². The fourth-order valence-corrected chi connectivity index (χ4v) is 2.30. The molecule has 1 fully saturated rings. The van der Waals surface area contributed by atoms with Crippen molar-refractivity contribution < 1.29 is 24.2 Å². The van der Waals surface area contributed by atoms with Gasteiger partial charge in [0.1, 0.15) is 11.9 Å². The number of carboxylic acids is 1. The van der Waals surface area contributed by atoms with Gasteiger partial charge in [-0.2, -0.15) is 0 Å². The largest absolute Gasteiger partial charge is 0.497 e. The van der Waals surface area contributed by atoms with Crippen molar-refractivity contribution in [1.29, 1.82) is 0 Å². The first-order valence-electron chi connectivity index (χ1n) is 6.04. The number of hydrogen-bond donors (Lipinski definition) is 2. The van der Waals surface area contributed by atoms with E-state index in [1.54, 1.807) is 18.2 Å². The van der Waals surface area contributed by atoms with E-state index in [1.807, 2.05) is 0 Å². The molecule has 1 amide bonds. The second-order valence-electron chi connectivity index (χ2n) is 4.36. The molecule has 0 saturated carbocycles. The molecule has 20 heavy (non-hydrogen) atoms. The lowest BCUT2D eigenvalue weighted by Crippen LogP contribution is -2.30. The van der Waals surface area contributed by atoms with Crippen LogP contribution in [-0.2, 0) is 14.3 Å². The molecule has 2 N–H and O–H groups in total. The molecule has 1 aromatic rings. The van der Waals surface area contributed by atoms with Crippen LogP contribution in [0.4, 0.5) is 5.69 Å². The van der Waals surface area contributed by atoms with Crippen LogP contribution in [0.2, 0.25) is 0 Å². The Morgan fingerprint density at radius 3 is 2.70 bits per heavy atom. The molecular weight excluding hydrogens is 330 g/mol. The molecule has 1 aromatic carbocycles. The fourth-order valence-electron chi connectivity index (χ4n) is 1.95. The number of carbonyl (C=O) groups excluding carboxylic acids is 1. The number of nitrogens with one attached hydrogen (secondary N) is 1. The molecule has 0 aliphatic carbocycles. The Bertz CT molecular complexity index is 533. The number of rotatable bonds is 4. The molecule has 2 unspecified atom stereocenters. The topological polar surface area (TPSA) is 84.9 Å². The molecular formula is C13H14BrNO5. The van der Waals surface area contributed by atoms with Crippen molar-refractivity contribution in [3.05, 3.63) is 22.7 Å². The normalized spacial score (nSPS) is 21.5. The zero-order valence-corrected chi connectivity index (χ0v) is 12.3. The molecule has 1 heterocycles. The highest BCUT2D eigenvalue weighted by atomic mass is 79.9. The average molecular weight is 344 g/mol. The van der Waals surface area contributed by atoms with Crippen molar-refractivity contribution in [1.82, 2.24) is 0 Å². The number of anilines is 1. The van der Waals surface area contributed by atoms with Gasteiger partial charge >= 0.3 is 5.97 Å². The summed E-state index contributed by atoms with van der Waals surface area (Å²) in [7, 11) is 1.53. The summed E-state index contributed by atoms with van der Waals surface area (Å²) < 4.78 is 11.0. The van der Waals surface area contributed by atoms with Crippen molar-refractivity contribution in [3.63, 3.8) is 0 Å². The summed E-state index contributed by atoms with van der Waals surface area (Å²) in [5, 5.41) is 11.5. The van der Waals surface area contributed by atoms with Crippen molar-refractivity contribution >= 4 is 33.5 Å². The lowest BCUT2D eigenvalue weighted by molar-refractivity contribution is -0.150. The first kappa shape index (κ1) is 14.8. The van der Waals surface area contributed by atoms with Gasteiger partial charge in [0.25, 0.3) is 5.91 Å². The summed E-state index contributed by atoms with van der Waals surface area (Å²) in [5.41, 5.74) is 0.553. The number of methoxy groups -OCH3 is 1. The van der Waals surface area contributed by atoms with Crippen LogP contribution >= 0.6 is 15.9 Å². The second kappa shape index (κ2) is 6.23. The maximum absolute atomic E-state index is 12.0. The molecule has 108 valence electrons. The van der Waals surface area contributed by atoms with Crippen molar-refractivity contribution in [2.24, 2.45) is 0 Å². The summed E-state index contributed by atoms with van der Waals surface area (Å²) in [4.78, 5) is 22.8. The van der Waals surface area contributed by atoms with Crippen LogP contribution in [0.15, 0.2) is 22.7 Å². The van der Waals surface area contributed by atoms with Crippen LogP contribution < -0.4 is 10.1 Å². The highest BCUT2D eigenvalue weighted by Crippen LogP contribution is 2.28. The molecule has 2 rings (SSSR count). The van der Waals surface area contributed by atoms with Gasteiger partial charge in [-0.25, -0.2) is 4.79 Å². The van der Waals surface area contributed by atoms with E-state index < -0.39 is 18.2 Å². The lowest BCUT2D eigenvalue weighted by Gasteiger charge is -2.13. The number of hydrogen-bond acceptors (Lipinski definition) is 4. The van der Waals surface area contributed by atoms with Crippen molar-refractivity contribution in [3.8, 4) is 5.75 Å². The summed E-state index contributed by atoms with van der Waals surface area (Å²) >= 11 is 3.33. The number of carbonyl (C=O) groups is 2. The Morgan fingerprint density at radius 2 is 2.10 bits per heavy atom. The Morgan fingerprint density at radius 1 is 1.40 bits per heavy atom. The number of halogens is 1. The van der Waals surface area contributed by atoms with E-state index in [9.17, 15) is 9.59 Å². The highest BCUT2D eigenvalue weighted by molar-refractivity contribution is 9.10. The fraction of sp³-hybridized carbons (Fsp3) is 0.385. The third kappa shape index (κ3) is 3.29. The number of carboxylic acid groups (broad SMARTS) is 1. The molecule has 0 aromatic heterocycles. The van der Waals surface area contributed by atoms with Gasteiger partial charge in [-0.1, -0.05) is 0 Å². The SMILES string of the molecule is COc1ccc(Br)c(NC(=O)C2CCC(C(=O)O)O2)c1. The standard InChI is InChI=1S/C13H14BrNO5/c1-19-7-2-3-8(14)9(6-7)15-12(16)10-4-5-11(20-10)13(17)18/h2-3,6,10-11H,4-5H2,1H3,(H,15,16)(H,17,18). The molecule has 0 radical (unpaired) electrons. The smallest absolute Gasteiger partial charge is 0.332 e. The summed E-state index contributed by atoms with van der Waals surface area (Å²) in [6.07, 6.45) is -0.911. The van der Waals surface area contributed by atoms with Gasteiger partial charge in [0.15, 0.2) is 6.10 Å². The number of aliphatic carboxylic acids is 1. The van der Waals surface area contributed by atoms with Gasteiger partial charge in [-0.05, 0) is 40.9 Å². The van der Waals surface area contributed by atoms with Crippen LogP contribution in [0.1, 0.15) is 12.8 Å². The number of benzene rings is 1. The molecule has 0 spiro atoms. The Balaban J connectivity index is 2.03. The van der Waals surface area contributed by atoms with Crippen molar-refractivity contribution in [2.45, 2.75) is 25.0 Å². The van der Waals surface area contributed by atoms with Gasteiger partial charge in [-0.3, -0.25) is 4.79 Å². The van der Waals surface area contributed by atoms with E-state index in [0.29, 0.717) is 28.8 Å². The first-order valence-corrected chi connectivity index (χ1v) is 6.83. The zero-order valence-electron chi connectivity index (χ0n) is 10.8. The maximum Gasteiger partial charge on any atom is 0.332 e. The van der Waals surface area contributed by atoms with Crippen LogP contribution in [0.3, 0.4) is 0 Å². The van der Waals surface area contributed by atoms with Crippen LogP contribution in [0.25, 0.3) is 0 Å². The minimum Gasteiger partial charge on any atom is -0.497 e. The van der Waals surface area contributed by atoms with E-state index >= 15 is 0 Å². The average Bonchev–Trinajstić information content (AvgIpc) is 2.91. The molecule has 1 aliphatic rings. The van der Waals surface area contributed by atoms with Crippen LogP contribution in [0.5, 0.6) is 5.75 Å². The Hall–Kier alpha value is -1.60. The minimum atomic E-state index is -1.04. The highest BCUT2D eigenvalue weighted by Gasteiger charge is 2.34. The number of ether oxygens (including phenoxy) is 2. The van der Waals surface area contributed by atoms with Crippen molar-refractivity contribution in [2.75, 3.05) is 12.4 Å². The van der Waals surface area contributed by atoms with Gasteiger partial charge in [0.2, 0.25) is 0 Å². The summed E-state index contributed by atoms with van der Waals surface area (Å²) in [6.45, 7) is 0. The monoisotopic (exact) mass is 343 g/mol. The predicted molar refractivity (Wildman–Crippen MR) is 74.9 cm³/mol. The quantitative estimate of drug-likeness (QED) is 0.873.